The van der Waals surface area contributed by atoms with E-state index in [2.05, 4.69) is 10.1 Å². The molecule has 0 radical (unpaired) electrons. The van der Waals surface area contributed by atoms with Crippen molar-refractivity contribution in [2.24, 2.45) is 5.16 Å². The van der Waals surface area contributed by atoms with Crippen LogP contribution in [0.4, 0.5) is 0 Å². The lowest BCUT2D eigenvalue weighted by Gasteiger charge is -2.27. The van der Waals surface area contributed by atoms with Crippen LogP contribution in [0.1, 0.15) is 31.4 Å². The second kappa shape index (κ2) is 10.7. The van der Waals surface area contributed by atoms with Crippen molar-refractivity contribution in [3.8, 4) is 0 Å². The van der Waals surface area contributed by atoms with Gasteiger partial charge in [-0.1, -0.05) is 59.2 Å². The minimum Gasteiger partial charge on any atom is -0.390 e. The molecule has 0 aromatic heterocycles. The highest BCUT2D eigenvalue weighted by molar-refractivity contribution is 6.30. The monoisotopic (exact) mass is 416 g/mol. The maximum Gasteiger partial charge on any atom is 0.145 e. The van der Waals surface area contributed by atoms with Gasteiger partial charge in [0.15, 0.2) is 0 Å². The quantitative estimate of drug-likeness (QED) is 0.633. The molecule has 3 rings (SSSR count). The molecule has 0 amide bonds. The number of oxime groups is 1. The van der Waals surface area contributed by atoms with Crippen molar-refractivity contribution >= 4 is 17.3 Å². The summed E-state index contributed by atoms with van der Waals surface area (Å²) in [4.78, 5) is 7.87. The van der Waals surface area contributed by atoms with Crippen LogP contribution in [-0.2, 0) is 16.1 Å². The van der Waals surface area contributed by atoms with E-state index >= 15 is 0 Å². The molecule has 1 aliphatic rings. The molecule has 0 spiro atoms. The molecule has 1 N–H and O–H groups in total. The fourth-order valence-corrected chi connectivity index (χ4v) is 3.58. The molecular formula is C23H29ClN2O3. The molecule has 2 atom stereocenters. The summed E-state index contributed by atoms with van der Waals surface area (Å²) in [6, 6.07) is 17.9. The highest BCUT2D eigenvalue weighted by atomic mass is 35.5. The van der Waals surface area contributed by atoms with Crippen LogP contribution in [0.5, 0.6) is 0 Å². The van der Waals surface area contributed by atoms with Crippen molar-refractivity contribution in [1.82, 2.24) is 4.90 Å². The van der Waals surface area contributed by atoms with Crippen molar-refractivity contribution < 1.29 is 14.7 Å². The van der Waals surface area contributed by atoms with Gasteiger partial charge in [-0.15, -0.1) is 0 Å². The summed E-state index contributed by atoms with van der Waals surface area (Å²) in [5, 5.41) is 15.4. The van der Waals surface area contributed by atoms with Gasteiger partial charge in [-0.3, -0.25) is 4.90 Å². The molecule has 0 saturated carbocycles. The number of hydrogen-bond acceptors (Lipinski definition) is 5. The van der Waals surface area contributed by atoms with Crippen molar-refractivity contribution in [1.29, 1.82) is 0 Å². The molecule has 156 valence electrons. The maximum atomic E-state index is 10.4. The number of hydrogen-bond donors (Lipinski definition) is 1. The van der Waals surface area contributed by atoms with Crippen molar-refractivity contribution in [2.75, 3.05) is 19.7 Å². The average molecular weight is 417 g/mol. The van der Waals surface area contributed by atoms with Gasteiger partial charge >= 0.3 is 0 Å². The third-order valence-electron chi connectivity index (χ3n) is 4.69. The Morgan fingerprint density at radius 3 is 2.72 bits per heavy atom. The lowest BCUT2D eigenvalue weighted by atomic mass is 10.0. The van der Waals surface area contributed by atoms with Crippen LogP contribution in [-0.4, -0.2) is 53.7 Å². The summed E-state index contributed by atoms with van der Waals surface area (Å²) < 4.78 is 5.57. The number of nitrogens with zero attached hydrogens (tertiary/aromatic N) is 2. The van der Waals surface area contributed by atoms with Crippen molar-refractivity contribution in [2.45, 2.75) is 45.1 Å². The lowest BCUT2D eigenvalue weighted by molar-refractivity contribution is -0.0194. The van der Waals surface area contributed by atoms with Crippen LogP contribution in [0.3, 0.4) is 0 Å². The molecule has 0 bridgehead atoms. The summed E-state index contributed by atoms with van der Waals surface area (Å²) in [5.74, 6) is 0. The Morgan fingerprint density at radius 2 is 2.00 bits per heavy atom. The first-order valence-corrected chi connectivity index (χ1v) is 10.4. The molecule has 1 heterocycles. The number of benzene rings is 2. The van der Waals surface area contributed by atoms with Gasteiger partial charge in [-0.2, -0.15) is 0 Å². The minimum atomic E-state index is -0.576. The Labute approximate surface area is 177 Å². The largest absolute Gasteiger partial charge is 0.390 e. The molecule has 1 aliphatic heterocycles. The molecule has 0 unspecified atom stereocenters. The fraction of sp³-hybridized carbons (Fsp3) is 0.435. The van der Waals surface area contributed by atoms with Gasteiger partial charge in [0.2, 0.25) is 0 Å². The molecule has 5 nitrogen and oxygen atoms in total. The first kappa shape index (κ1) is 21.8. The zero-order valence-corrected chi connectivity index (χ0v) is 17.8. The van der Waals surface area contributed by atoms with Gasteiger partial charge in [-0.25, -0.2) is 0 Å². The van der Waals surface area contributed by atoms with E-state index in [1.54, 1.807) is 0 Å². The van der Waals surface area contributed by atoms with Crippen LogP contribution in [0.15, 0.2) is 59.8 Å². The number of aliphatic hydroxyl groups is 1. The number of ether oxygens (including phenoxy) is 1. The standard InChI is InChI=1S/C23H29ClN2O3/c1-17(2)28-16-21(27)14-26(13-18-7-6-10-20(24)11-18)15-22-12-23(25-29-22)19-8-4-3-5-9-19/h3-11,17,21-22,27H,12-16H2,1-2H3/t21-,22+/m0/s1. The Balaban J connectivity index is 1.61. The highest BCUT2D eigenvalue weighted by Gasteiger charge is 2.25. The first-order chi connectivity index (χ1) is 14.0. The van der Waals surface area contributed by atoms with E-state index in [0.29, 0.717) is 31.3 Å². The van der Waals surface area contributed by atoms with Crippen LogP contribution in [0, 0.1) is 0 Å². The number of rotatable bonds is 10. The number of halogens is 1. The van der Waals surface area contributed by atoms with Crippen molar-refractivity contribution in [3.05, 3.63) is 70.7 Å². The third-order valence-corrected chi connectivity index (χ3v) is 4.92. The summed E-state index contributed by atoms with van der Waals surface area (Å²) in [6.07, 6.45) is 0.204. The van der Waals surface area contributed by atoms with E-state index < -0.39 is 6.10 Å². The van der Waals surface area contributed by atoms with Gasteiger partial charge in [0.1, 0.15) is 6.10 Å². The molecular weight excluding hydrogens is 388 g/mol. The van der Waals surface area contributed by atoms with Gasteiger partial charge in [0.25, 0.3) is 0 Å². The first-order valence-electron chi connectivity index (χ1n) is 10.0. The molecule has 0 fully saturated rings. The van der Waals surface area contributed by atoms with Crippen molar-refractivity contribution in [3.63, 3.8) is 0 Å². The minimum absolute atomic E-state index is 0.0531. The van der Waals surface area contributed by atoms with E-state index in [9.17, 15) is 5.11 Å². The van der Waals surface area contributed by atoms with Gasteiger partial charge in [-0.05, 0) is 37.1 Å². The summed E-state index contributed by atoms with van der Waals surface area (Å²) in [6.45, 7) is 6.04. The molecule has 6 heteroatoms. The SMILES string of the molecule is CC(C)OC[C@@H](O)CN(Cc1cccc(Cl)c1)C[C@H]1CC(c2ccccc2)=NO1. The summed E-state index contributed by atoms with van der Waals surface area (Å²) >= 11 is 6.14. The van der Waals surface area contributed by atoms with E-state index in [4.69, 9.17) is 21.2 Å². The topological polar surface area (TPSA) is 54.3 Å². The summed E-state index contributed by atoms with van der Waals surface area (Å²) in [7, 11) is 0. The zero-order valence-electron chi connectivity index (χ0n) is 17.0. The predicted molar refractivity (Wildman–Crippen MR) is 116 cm³/mol. The van der Waals surface area contributed by atoms with Crippen LogP contribution < -0.4 is 0 Å². The van der Waals surface area contributed by atoms with Gasteiger partial charge < -0.3 is 14.7 Å². The zero-order chi connectivity index (χ0) is 20.6. The second-order valence-corrected chi connectivity index (χ2v) is 8.13. The third kappa shape index (κ3) is 7.12. The van der Waals surface area contributed by atoms with Crippen LogP contribution in [0.25, 0.3) is 0 Å². The van der Waals surface area contributed by atoms with Gasteiger partial charge in [0, 0.05) is 31.1 Å². The molecule has 0 aliphatic carbocycles. The Kier molecular flexibility index (Phi) is 8.07. The summed E-state index contributed by atoms with van der Waals surface area (Å²) in [5.41, 5.74) is 3.14. The van der Waals surface area contributed by atoms with Crippen LogP contribution >= 0.6 is 11.6 Å². The van der Waals surface area contributed by atoms with Crippen LogP contribution in [0.2, 0.25) is 5.02 Å². The van der Waals surface area contributed by atoms with E-state index in [1.807, 2.05) is 68.4 Å². The molecule has 2 aromatic carbocycles. The Hall–Kier alpha value is -1.92. The maximum absolute atomic E-state index is 10.4. The molecule has 0 saturated heterocycles. The normalized spacial score (nSPS) is 17.4. The average Bonchev–Trinajstić information content (AvgIpc) is 3.15. The Morgan fingerprint density at radius 1 is 1.21 bits per heavy atom. The molecule has 2 aromatic rings. The lowest BCUT2D eigenvalue weighted by Crippen LogP contribution is -2.39. The van der Waals surface area contributed by atoms with Gasteiger partial charge in [0.05, 0.1) is 24.5 Å². The number of aliphatic hydroxyl groups excluding tert-OH is 1. The highest BCUT2D eigenvalue weighted by Crippen LogP contribution is 2.19. The fourth-order valence-electron chi connectivity index (χ4n) is 3.37. The smallest absolute Gasteiger partial charge is 0.145 e. The van der Waals surface area contributed by atoms with E-state index in [0.717, 1.165) is 23.3 Å². The van der Waals surface area contributed by atoms with E-state index in [1.165, 1.54) is 0 Å². The second-order valence-electron chi connectivity index (χ2n) is 7.70. The predicted octanol–water partition coefficient (Wildman–Crippen LogP) is 4.12. The molecule has 29 heavy (non-hydrogen) atoms. The Bertz CT molecular complexity index is 798. The van der Waals surface area contributed by atoms with E-state index in [-0.39, 0.29) is 12.2 Å².